The van der Waals surface area contributed by atoms with Crippen molar-refractivity contribution in [2.24, 2.45) is 7.05 Å². The van der Waals surface area contributed by atoms with Crippen LogP contribution in [0, 0.1) is 13.8 Å². The molecule has 1 amide bonds. The molecule has 1 aliphatic carbocycles. The number of hydrogen-bond donors (Lipinski definition) is 1. The van der Waals surface area contributed by atoms with Crippen LogP contribution in [0.5, 0.6) is 0 Å². The topological polar surface area (TPSA) is 72.2 Å². The fraction of sp³-hybridized carbons (Fsp3) is 0.609. The van der Waals surface area contributed by atoms with Crippen molar-refractivity contribution in [3.8, 4) is 0 Å². The highest BCUT2D eigenvalue weighted by atomic mass is 16.2. The van der Waals surface area contributed by atoms with Gasteiger partial charge in [0.1, 0.15) is 5.82 Å². The van der Waals surface area contributed by atoms with E-state index in [1.807, 2.05) is 23.6 Å². The molecule has 0 unspecified atom stereocenters. The Balaban J connectivity index is 1.36. The van der Waals surface area contributed by atoms with Gasteiger partial charge in [-0.25, -0.2) is 9.48 Å². The van der Waals surface area contributed by atoms with Crippen molar-refractivity contribution in [1.82, 2.24) is 19.2 Å². The Labute approximate surface area is 178 Å². The first-order valence-corrected chi connectivity index (χ1v) is 11.2. The zero-order valence-electron chi connectivity index (χ0n) is 18.4. The summed E-state index contributed by atoms with van der Waals surface area (Å²) in [6, 6.07) is 6.29. The maximum Gasteiger partial charge on any atom is 0.345 e. The first-order valence-electron chi connectivity index (χ1n) is 11.2. The summed E-state index contributed by atoms with van der Waals surface area (Å²) in [6.07, 6.45) is 6.41. The minimum absolute atomic E-state index is 0.0206. The van der Waals surface area contributed by atoms with E-state index in [4.69, 9.17) is 0 Å². The van der Waals surface area contributed by atoms with Crippen LogP contribution in [0.2, 0.25) is 0 Å². The second-order valence-electron chi connectivity index (χ2n) is 8.92. The molecule has 1 saturated carbocycles. The lowest BCUT2D eigenvalue weighted by molar-refractivity contribution is -0.117. The number of likely N-dealkylation sites (tertiary alicyclic amines) is 1. The van der Waals surface area contributed by atoms with Crippen LogP contribution in [-0.4, -0.2) is 44.8 Å². The van der Waals surface area contributed by atoms with Crippen LogP contribution in [0.25, 0.3) is 0 Å². The number of piperidine rings is 1. The van der Waals surface area contributed by atoms with E-state index in [1.54, 1.807) is 7.05 Å². The van der Waals surface area contributed by atoms with Gasteiger partial charge in [-0.15, -0.1) is 0 Å². The fourth-order valence-electron chi connectivity index (χ4n) is 4.91. The van der Waals surface area contributed by atoms with E-state index >= 15 is 0 Å². The number of nitrogens with one attached hydrogen (secondary N) is 1. The normalized spacial score (nSPS) is 18.8. The van der Waals surface area contributed by atoms with Gasteiger partial charge in [-0.3, -0.25) is 14.3 Å². The van der Waals surface area contributed by atoms with Gasteiger partial charge in [-0.2, -0.15) is 5.10 Å². The Morgan fingerprint density at radius 3 is 2.53 bits per heavy atom. The van der Waals surface area contributed by atoms with E-state index < -0.39 is 0 Å². The van der Waals surface area contributed by atoms with Gasteiger partial charge in [0.2, 0.25) is 5.91 Å². The summed E-state index contributed by atoms with van der Waals surface area (Å²) >= 11 is 0. The number of aromatic nitrogens is 3. The largest absolute Gasteiger partial charge is 0.345 e. The minimum atomic E-state index is 0.0206. The molecule has 2 fully saturated rings. The van der Waals surface area contributed by atoms with Gasteiger partial charge < -0.3 is 5.32 Å². The maximum absolute atomic E-state index is 12.7. The average Bonchev–Trinajstić information content (AvgIpc) is 3.34. The van der Waals surface area contributed by atoms with E-state index in [-0.39, 0.29) is 17.5 Å². The number of amides is 1. The predicted molar refractivity (Wildman–Crippen MR) is 118 cm³/mol. The summed E-state index contributed by atoms with van der Waals surface area (Å²) < 4.78 is 3.47. The second-order valence-corrected chi connectivity index (χ2v) is 8.92. The Bertz CT molecular complexity index is 962. The van der Waals surface area contributed by atoms with Gasteiger partial charge >= 0.3 is 5.69 Å². The van der Waals surface area contributed by atoms with Crippen LogP contribution >= 0.6 is 0 Å². The van der Waals surface area contributed by atoms with Crippen molar-refractivity contribution in [3.05, 3.63) is 45.6 Å². The summed E-state index contributed by atoms with van der Waals surface area (Å²) in [7, 11) is 1.75. The number of rotatable bonds is 5. The van der Waals surface area contributed by atoms with Gasteiger partial charge in [0, 0.05) is 24.7 Å². The summed E-state index contributed by atoms with van der Waals surface area (Å²) in [5.74, 6) is 1.27. The van der Waals surface area contributed by atoms with Crippen molar-refractivity contribution in [3.63, 3.8) is 0 Å². The third kappa shape index (κ3) is 4.21. The minimum Gasteiger partial charge on any atom is -0.325 e. The molecule has 2 aliphatic rings. The highest BCUT2D eigenvalue weighted by Gasteiger charge is 2.30. The summed E-state index contributed by atoms with van der Waals surface area (Å²) in [6.45, 7) is 6.18. The van der Waals surface area contributed by atoms with Crippen LogP contribution in [0.1, 0.15) is 67.4 Å². The molecule has 30 heavy (non-hydrogen) atoms. The van der Waals surface area contributed by atoms with E-state index in [9.17, 15) is 9.59 Å². The number of carbonyl (C=O) groups is 1. The van der Waals surface area contributed by atoms with E-state index in [0.29, 0.717) is 12.6 Å². The van der Waals surface area contributed by atoms with E-state index in [1.165, 1.54) is 23.1 Å². The Kier molecular flexibility index (Phi) is 6.09. The number of aryl methyl sites for hydroxylation is 2. The highest BCUT2D eigenvalue weighted by molar-refractivity contribution is 5.93. The molecule has 0 radical (unpaired) electrons. The number of carbonyl (C=O) groups excluding carboxylic acids is 1. The van der Waals surface area contributed by atoms with Crippen LogP contribution in [0.15, 0.2) is 23.0 Å². The zero-order chi connectivity index (χ0) is 21.3. The maximum atomic E-state index is 12.7. The molecule has 2 aromatic rings. The Hall–Kier alpha value is -2.41. The number of hydrogen-bond acceptors (Lipinski definition) is 4. The monoisotopic (exact) mass is 411 g/mol. The molecule has 1 aliphatic heterocycles. The second kappa shape index (κ2) is 8.76. The van der Waals surface area contributed by atoms with Crippen molar-refractivity contribution < 1.29 is 4.79 Å². The predicted octanol–water partition coefficient (Wildman–Crippen LogP) is 3.13. The zero-order valence-corrected chi connectivity index (χ0v) is 18.4. The Morgan fingerprint density at radius 1 is 1.13 bits per heavy atom. The molecule has 2 heterocycles. The van der Waals surface area contributed by atoms with Gasteiger partial charge in [-0.1, -0.05) is 25.0 Å². The SMILES string of the molecule is Cc1cccc(NC(=O)CN2CCC(c3nn(C)c(=O)n3C3CCCC3)CC2)c1C. The highest BCUT2D eigenvalue weighted by Crippen LogP contribution is 2.33. The number of nitrogens with zero attached hydrogens (tertiary/aromatic N) is 4. The quantitative estimate of drug-likeness (QED) is 0.821. The van der Waals surface area contributed by atoms with Crippen LogP contribution < -0.4 is 11.0 Å². The van der Waals surface area contributed by atoms with Gasteiger partial charge in [-0.05, 0) is 69.8 Å². The molecular formula is C23H33N5O2. The summed E-state index contributed by atoms with van der Waals surface area (Å²) in [5.41, 5.74) is 3.21. The smallest absolute Gasteiger partial charge is 0.325 e. The molecule has 162 valence electrons. The van der Waals surface area contributed by atoms with Gasteiger partial charge in [0.15, 0.2) is 0 Å². The van der Waals surface area contributed by atoms with Crippen molar-refractivity contribution in [1.29, 1.82) is 0 Å². The average molecular weight is 412 g/mol. The third-order valence-electron chi connectivity index (χ3n) is 6.87. The van der Waals surface area contributed by atoms with E-state index in [2.05, 4.69) is 28.3 Å². The molecule has 7 heteroatoms. The number of anilines is 1. The first-order chi connectivity index (χ1) is 14.4. The van der Waals surface area contributed by atoms with Gasteiger partial charge in [0.25, 0.3) is 0 Å². The standard InChI is InChI=1S/C23H33N5O2/c1-16-7-6-10-20(17(16)2)24-21(29)15-27-13-11-18(12-14-27)22-25-26(3)23(30)28(22)19-8-4-5-9-19/h6-7,10,18-19H,4-5,8-9,11-15H2,1-3H3,(H,24,29). The Morgan fingerprint density at radius 2 is 1.83 bits per heavy atom. The summed E-state index contributed by atoms with van der Waals surface area (Å²) in [5, 5.41) is 7.66. The molecule has 4 rings (SSSR count). The van der Waals surface area contributed by atoms with Crippen molar-refractivity contribution in [2.75, 3.05) is 25.0 Å². The lowest BCUT2D eigenvalue weighted by Gasteiger charge is -2.31. The number of benzene rings is 1. The molecule has 1 aromatic carbocycles. The van der Waals surface area contributed by atoms with Crippen molar-refractivity contribution in [2.45, 2.75) is 64.3 Å². The molecule has 0 bridgehead atoms. The molecular weight excluding hydrogens is 378 g/mol. The third-order valence-corrected chi connectivity index (χ3v) is 6.87. The van der Waals surface area contributed by atoms with Crippen LogP contribution in [0.4, 0.5) is 5.69 Å². The van der Waals surface area contributed by atoms with E-state index in [0.717, 1.165) is 55.8 Å². The van der Waals surface area contributed by atoms with Crippen LogP contribution in [-0.2, 0) is 11.8 Å². The van der Waals surface area contributed by atoms with Crippen molar-refractivity contribution >= 4 is 11.6 Å². The molecule has 1 aromatic heterocycles. The van der Waals surface area contributed by atoms with Crippen LogP contribution in [0.3, 0.4) is 0 Å². The summed E-state index contributed by atoms with van der Waals surface area (Å²) in [4.78, 5) is 27.4. The molecule has 7 nitrogen and oxygen atoms in total. The van der Waals surface area contributed by atoms with Gasteiger partial charge in [0.05, 0.1) is 6.54 Å². The molecule has 0 spiro atoms. The lowest BCUT2D eigenvalue weighted by atomic mass is 9.95. The lowest BCUT2D eigenvalue weighted by Crippen LogP contribution is -2.39. The molecule has 0 atom stereocenters. The first kappa shape index (κ1) is 20.8. The fourth-order valence-corrected chi connectivity index (χ4v) is 4.91. The molecule has 1 saturated heterocycles. The molecule has 1 N–H and O–H groups in total.